The summed E-state index contributed by atoms with van der Waals surface area (Å²) in [7, 11) is 0. The molecule has 1 aromatic rings. The van der Waals surface area contributed by atoms with Gasteiger partial charge in [0, 0.05) is 24.4 Å². The lowest BCUT2D eigenvalue weighted by Crippen LogP contribution is -2.38. The molecule has 0 spiro atoms. The zero-order valence-corrected chi connectivity index (χ0v) is 13.2. The zero-order chi connectivity index (χ0) is 13.8. The molecule has 1 rings (SSSR count). The second kappa shape index (κ2) is 6.64. The molecule has 3 nitrogen and oxygen atoms in total. The van der Waals surface area contributed by atoms with Gasteiger partial charge in [-0.3, -0.25) is 4.90 Å². The highest BCUT2D eigenvalue weighted by Gasteiger charge is 2.20. The molecule has 0 fully saturated rings. The van der Waals surface area contributed by atoms with E-state index in [1.54, 1.807) is 11.3 Å². The van der Waals surface area contributed by atoms with Crippen LogP contribution in [0.2, 0.25) is 0 Å². The first-order chi connectivity index (χ1) is 8.38. The van der Waals surface area contributed by atoms with Crippen molar-refractivity contribution >= 4 is 11.3 Å². The average molecular weight is 269 g/mol. The van der Waals surface area contributed by atoms with E-state index in [-0.39, 0.29) is 5.41 Å². The molecule has 0 aliphatic rings. The van der Waals surface area contributed by atoms with E-state index in [0.717, 1.165) is 26.2 Å². The maximum absolute atomic E-state index is 5.81. The van der Waals surface area contributed by atoms with Crippen molar-refractivity contribution in [1.82, 2.24) is 9.88 Å². The molecule has 4 heteroatoms. The van der Waals surface area contributed by atoms with Gasteiger partial charge in [0.1, 0.15) is 0 Å². The molecule has 0 amide bonds. The first-order valence-corrected chi connectivity index (χ1v) is 7.62. The molecule has 0 aliphatic heterocycles. The quantitative estimate of drug-likeness (QED) is 0.827. The fraction of sp³-hybridized carbons (Fsp3) is 0.786. The van der Waals surface area contributed by atoms with Crippen molar-refractivity contribution in [1.29, 1.82) is 0 Å². The van der Waals surface area contributed by atoms with E-state index in [4.69, 9.17) is 10.7 Å². The number of rotatable bonds is 7. The van der Waals surface area contributed by atoms with Gasteiger partial charge in [0.15, 0.2) is 0 Å². The first-order valence-electron chi connectivity index (χ1n) is 6.74. The van der Waals surface area contributed by atoms with Gasteiger partial charge in [0.05, 0.1) is 10.7 Å². The number of hydrogen-bond donors (Lipinski definition) is 1. The largest absolute Gasteiger partial charge is 0.330 e. The smallest absolute Gasteiger partial charge is 0.0954 e. The van der Waals surface area contributed by atoms with Gasteiger partial charge in [0.2, 0.25) is 0 Å². The normalized spacial score (nSPS) is 12.7. The van der Waals surface area contributed by atoms with Gasteiger partial charge in [-0.15, -0.1) is 11.3 Å². The highest BCUT2D eigenvalue weighted by Crippen LogP contribution is 2.21. The summed E-state index contributed by atoms with van der Waals surface area (Å²) in [5.41, 5.74) is 7.17. The molecule has 0 saturated heterocycles. The predicted molar refractivity (Wildman–Crippen MR) is 80.0 cm³/mol. The number of nitrogens with zero attached hydrogens (tertiary/aromatic N) is 2. The minimum atomic E-state index is 0.174. The van der Waals surface area contributed by atoms with Gasteiger partial charge in [-0.25, -0.2) is 4.98 Å². The van der Waals surface area contributed by atoms with Crippen molar-refractivity contribution in [3.05, 3.63) is 16.1 Å². The molecule has 0 aliphatic carbocycles. The zero-order valence-electron chi connectivity index (χ0n) is 12.4. The van der Waals surface area contributed by atoms with E-state index in [1.807, 2.05) is 0 Å². The summed E-state index contributed by atoms with van der Waals surface area (Å²) in [4.78, 5) is 7.12. The van der Waals surface area contributed by atoms with E-state index in [2.05, 4.69) is 44.9 Å². The van der Waals surface area contributed by atoms with Crippen molar-refractivity contribution in [3.8, 4) is 0 Å². The summed E-state index contributed by atoms with van der Waals surface area (Å²) in [6.07, 6.45) is 0. The molecule has 0 radical (unpaired) electrons. The Morgan fingerprint density at radius 1 is 1.44 bits per heavy atom. The van der Waals surface area contributed by atoms with Crippen molar-refractivity contribution in [2.45, 2.75) is 47.1 Å². The fourth-order valence-electron chi connectivity index (χ4n) is 1.84. The first kappa shape index (κ1) is 15.6. The Labute approximate surface area is 115 Å². The van der Waals surface area contributed by atoms with Crippen molar-refractivity contribution in [3.63, 3.8) is 0 Å². The van der Waals surface area contributed by atoms with E-state index < -0.39 is 0 Å². The fourth-order valence-corrected chi connectivity index (χ4v) is 2.67. The second-order valence-electron chi connectivity index (χ2n) is 6.00. The maximum atomic E-state index is 5.81. The summed E-state index contributed by atoms with van der Waals surface area (Å²) in [6.45, 7) is 14.7. The Kier molecular flexibility index (Phi) is 5.76. The SMILES string of the molecule is CCN(Cc1csc(C(C)C)n1)CC(C)(C)CN. The van der Waals surface area contributed by atoms with Crippen LogP contribution in [0.1, 0.15) is 51.2 Å². The summed E-state index contributed by atoms with van der Waals surface area (Å²) in [6, 6.07) is 0. The van der Waals surface area contributed by atoms with Crippen LogP contribution in [0.15, 0.2) is 5.38 Å². The van der Waals surface area contributed by atoms with Crippen LogP contribution in [-0.4, -0.2) is 29.5 Å². The van der Waals surface area contributed by atoms with E-state index >= 15 is 0 Å². The molecule has 0 atom stereocenters. The van der Waals surface area contributed by atoms with E-state index in [1.165, 1.54) is 10.7 Å². The number of thiazole rings is 1. The minimum absolute atomic E-state index is 0.174. The van der Waals surface area contributed by atoms with Crippen LogP contribution in [0, 0.1) is 5.41 Å². The maximum Gasteiger partial charge on any atom is 0.0954 e. The topological polar surface area (TPSA) is 42.2 Å². The van der Waals surface area contributed by atoms with Gasteiger partial charge in [-0.2, -0.15) is 0 Å². The van der Waals surface area contributed by atoms with Gasteiger partial charge in [-0.1, -0.05) is 34.6 Å². The monoisotopic (exact) mass is 269 g/mol. The van der Waals surface area contributed by atoms with Crippen LogP contribution in [0.25, 0.3) is 0 Å². The van der Waals surface area contributed by atoms with Crippen LogP contribution in [0.4, 0.5) is 0 Å². The van der Waals surface area contributed by atoms with Gasteiger partial charge in [0.25, 0.3) is 0 Å². The lowest BCUT2D eigenvalue weighted by molar-refractivity contribution is 0.182. The van der Waals surface area contributed by atoms with Crippen LogP contribution >= 0.6 is 11.3 Å². The Morgan fingerprint density at radius 3 is 2.56 bits per heavy atom. The van der Waals surface area contributed by atoms with Gasteiger partial charge < -0.3 is 5.73 Å². The lowest BCUT2D eigenvalue weighted by atomic mass is 9.93. The van der Waals surface area contributed by atoms with Crippen molar-refractivity contribution < 1.29 is 0 Å². The summed E-state index contributed by atoms with van der Waals surface area (Å²) < 4.78 is 0. The third-order valence-corrected chi connectivity index (χ3v) is 4.29. The molecule has 104 valence electrons. The molecule has 0 aromatic carbocycles. The van der Waals surface area contributed by atoms with Crippen molar-refractivity contribution in [2.24, 2.45) is 11.1 Å². The number of hydrogen-bond acceptors (Lipinski definition) is 4. The lowest BCUT2D eigenvalue weighted by Gasteiger charge is -2.30. The van der Waals surface area contributed by atoms with E-state index in [9.17, 15) is 0 Å². The van der Waals surface area contributed by atoms with E-state index in [0.29, 0.717) is 5.92 Å². The third kappa shape index (κ3) is 4.67. The molecule has 0 saturated carbocycles. The Morgan fingerprint density at radius 2 is 2.11 bits per heavy atom. The predicted octanol–water partition coefficient (Wildman–Crippen LogP) is 3.07. The third-order valence-electron chi connectivity index (χ3n) is 3.10. The minimum Gasteiger partial charge on any atom is -0.330 e. The Bertz CT molecular complexity index is 358. The summed E-state index contributed by atoms with van der Waals surface area (Å²) in [5.74, 6) is 0.527. The van der Waals surface area contributed by atoms with Crippen LogP contribution in [0.5, 0.6) is 0 Å². The van der Waals surface area contributed by atoms with Crippen LogP contribution in [0.3, 0.4) is 0 Å². The second-order valence-corrected chi connectivity index (χ2v) is 6.89. The van der Waals surface area contributed by atoms with Gasteiger partial charge >= 0.3 is 0 Å². The van der Waals surface area contributed by atoms with Gasteiger partial charge in [-0.05, 0) is 18.5 Å². The molecule has 0 bridgehead atoms. The molecule has 1 heterocycles. The average Bonchev–Trinajstić information content (AvgIpc) is 2.76. The van der Waals surface area contributed by atoms with Crippen LogP contribution < -0.4 is 5.73 Å². The molecule has 18 heavy (non-hydrogen) atoms. The molecular formula is C14H27N3S. The van der Waals surface area contributed by atoms with Crippen LogP contribution in [-0.2, 0) is 6.54 Å². The Balaban J connectivity index is 2.62. The number of aromatic nitrogens is 1. The standard InChI is InChI=1S/C14H27N3S/c1-6-17(10-14(4,5)9-15)7-12-8-18-13(16-12)11(2)3/h8,11H,6-7,9-10,15H2,1-5H3. The number of nitrogens with two attached hydrogens (primary N) is 1. The molecule has 1 aromatic heterocycles. The molecule has 0 unspecified atom stereocenters. The van der Waals surface area contributed by atoms with Crippen molar-refractivity contribution in [2.75, 3.05) is 19.6 Å². The summed E-state index contributed by atoms with van der Waals surface area (Å²) >= 11 is 1.77. The highest BCUT2D eigenvalue weighted by atomic mass is 32.1. The molecule has 2 N–H and O–H groups in total. The Hall–Kier alpha value is -0.450. The highest BCUT2D eigenvalue weighted by molar-refractivity contribution is 7.09. The summed E-state index contributed by atoms with van der Waals surface area (Å²) in [5, 5.41) is 3.42. The molecular weight excluding hydrogens is 242 g/mol.